The summed E-state index contributed by atoms with van der Waals surface area (Å²) in [6.45, 7) is 8.14. The number of aliphatic hydroxyl groups excluding tert-OH is 1. The van der Waals surface area contributed by atoms with Gasteiger partial charge in [0.25, 0.3) is 11.8 Å². The van der Waals surface area contributed by atoms with Gasteiger partial charge in [-0.15, -0.1) is 0 Å². The SMILES string of the molecule is CC(O)CN1C(=O)NC(C)(C)C1=O.CC1(C)NC(=O)NC1=O. The number of imide groups is 2. The van der Waals surface area contributed by atoms with Crippen molar-refractivity contribution in [3.63, 3.8) is 0 Å². The number of hydrogen-bond acceptors (Lipinski definition) is 5. The highest BCUT2D eigenvalue weighted by Gasteiger charge is 2.44. The quantitative estimate of drug-likeness (QED) is 0.501. The highest BCUT2D eigenvalue weighted by Crippen LogP contribution is 2.16. The number of β-amino-alcohol motifs (C(OH)–C–C–N with tert-alkyl or cyclic N) is 1. The molecule has 0 saturated carbocycles. The minimum Gasteiger partial charge on any atom is -0.392 e. The van der Waals surface area contributed by atoms with Crippen LogP contribution in [0.1, 0.15) is 34.6 Å². The Balaban J connectivity index is 0.000000235. The van der Waals surface area contributed by atoms with E-state index in [0.717, 1.165) is 4.90 Å². The lowest BCUT2D eigenvalue weighted by atomic mass is 10.1. The lowest BCUT2D eigenvalue weighted by Gasteiger charge is -2.16. The summed E-state index contributed by atoms with van der Waals surface area (Å²) in [7, 11) is 0. The highest BCUT2D eigenvalue weighted by atomic mass is 16.3. The summed E-state index contributed by atoms with van der Waals surface area (Å²) in [4.78, 5) is 44.9. The summed E-state index contributed by atoms with van der Waals surface area (Å²) in [6.07, 6.45) is -0.691. The van der Waals surface area contributed by atoms with E-state index in [1.165, 1.54) is 6.92 Å². The number of nitrogens with one attached hydrogen (secondary N) is 3. The van der Waals surface area contributed by atoms with Gasteiger partial charge in [0.2, 0.25) is 0 Å². The van der Waals surface area contributed by atoms with Crippen molar-refractivity contribution in [1.82, 2.24) is 20.9 Å². The maximum atomic E-state index is 11.5. The van der Waals surface area contributed by atoms with Gasteiger partial charge in [-0.25, -0.2) is 9.59 Å². The van der Waals surface area contributed by atoms with Crippen molar-refractivity contribution >= 4 is 23.9 Å². The highest BCUT2D eigenvalue weighted by molar-refractivity contribution is 6.07. The second-order valence-corrected chi connectivity index (χ2v) is 6.35. The zero-order valence-electron chi connectivity index (χ0n) is 13.3. The van der Waals surface area contributed by atoms with Crippen molar-refractivity contribution < 1.29 is 24.3 Å². The van der Waals surface area contributed by atoms with Crippen LogP contribution >= 0.6 is 0 Å². The van der Waals surface area contributed by atoms with E-state index < -0.39 is 29.2 Å². The Morgan fingerprint density at radius 1 is 1.05 bits per heavy atom. The molecule has 2 saturated heterocycles. The van der Waals surface area contributed by atoms with Crippen molar-refractivity contribution in [3.05, 3.63) is 0 Å². The third-order valence-electron chi connectivity index (χ3n) is 3.11. The number of amides is 6. The largest absolute Gasteiger partial charge is 0.392 e. The molecule has 0 radical (unpaired) electrons. The zero-order chi connectivity index (χ0) is 17.3. The minimum atomic E-state index is -0.841. The van der Waals surface area contributed by atoms with Gasteiger partial charge < -0.3 is 15.7 Å². The monoisotopic (exact) mass is 314 g/mol. The van der Waals surface area contributed by atoms with E-state index in [-0.39, 0.29) is 18.4 Å². The number of rotatable bonds is 2. The second-order valence-electron chi connectivity index (χ2n) is 6.35. The molecule has 124 valence electrons. The average Bonchev–Trinajstić information content (AvgIpc) is 2.66. The van der Waals surface area contributed by atoms with E-state index in [0.29, 0.717) is 0 Å². The molecule has 2 rings (SSSR count). The topological polar surface area (TPSA) is 128 Å². The number of nitrogens with zero attached hydrogens (tertiary/aromatic N) is 1. The minimum absolute atomic E-state index is 0.0497. The van der Waals surface area contributed by atoms with E-state index in [2.05, 4.69) is 16.0 Å². The van der Waals surface area contributed by atoms with E-state index in [1.807, 2.05) is 0 Å². The number of aliphatic hydroxyl groups is 1. The molecule has 2 aliphatic heterocycles. The lowest BCUT2D eigenvalue weighted by Crippen LogP contribution is -2.41. The Labute approximate surface area is 128 Å². The summed E-state index contributed by atoms with van der Waals surface area (Å²) in [5.74, 6) is -0.564. The van der Waals surface area contributed by atoms with Gasteiger partial charge in [0, 0.05) is 0 Å². The zero-order valence-corrected chi connectivity index (χ0v) is 13.3. The van der Waals surface area contributed by atoms with E-state index >= 15 is 0 Å². The number of carbonyl (C=O) groups is 4. The first-order valence-electron chi connectivity index (χ1n) is 6.82. The molecule has 1 unspecified atom stereocenters. The lowest BCUT2D eigenvalue weighted by molar-refractivity contribution is -0.131. The van der Waals surface area contributed by atoms with Gasteiger partial charge >= 0.3 is 12.1 Å². The third-order valence-corrected chi connectivity index (χ3v) is 3.11. The van der Waals surface area contributed by atoms with Gasteiger partial charge in [0.15, 0.2) is 0 Å². The Morgan fingerprint density at radius 3 is 1.82 bits per heavy atom. The molecule has 6 amide bonds. The van der Waals surface area contributed by atoms with Crippen molar-refractivity contribution in [3.8, 4) is 0 Å². The van der Waals surface area contributed by atoms with Crippen LogP contribution in [0.15, 0.2) is 0 Å². The molecule has 2 heterocycles. The summed E-state index contributed by atoms with van der Waals surface area (Å²) in [5.41, 5.74) is -1.57. The second kappa shape index (κ2) is 5.91. The first-order valence-corrected chi connectivity index (χ1v) is 6.82. The fourth-order valence-electron chi connectivity index (χ4n) is 1.88. The molecule has 1 atom stereocenters. The molecule has 2 fully saturated rings. The predicted molar refractivity (Wildman–Crippen MR) is 76.8 cm³/mol. The first-order chi connectivity index (χ1) is 9.86. The Morgan fingerprint density at radius 2 is 1.59 bits per heavy atom. The maximum Gasteiger partial charge on any atom is 0.325 e. The molecule has 0 aliphatic carbocycles. The van der Waals surface area contributed by atoms with E-state index in [4.69, 9.17) is 5.11 Å². The van der Waals surface area contributed by atoms with Crippen LogP contribution in [-0.2, 0) is 9.59 Å². The average molecular weight is 314 g/mol. The molecule has 2 aliphatic rings. The van der Waals surface area contributed by atoms with Crippen LogP contribution < -0.4 is 16.0 Å². The summed E-state index contributed by atoms with van der Waals surface area (Å²) < 4.78 is 0. The standard InChI is InChI=1S/C8H14N2O3.C5H8N2O2/c1-5(11)4-10-6(12)8(2,3)9-7(10)13;1-5(2)3(8)6-4(9)7-5/h5,11H,4H2,1-3H3,(H,9,13);1-2H3,(H2,6,7,8,9). The van der Waals surface area contributed by atoms with E-state index in [9.17, 15) is 19.2 Å². The van der Waals surface area contributed by atoms with Crippen molar-refractivity contribution in [1.29, 1.82) is 0 Å². The van der Waals surface area contributed by atoms with Gasteiger partial charge in [-0.2, -0.15) is 0 Å². The van der Waals surface area contributed by atoms with Gasteiger partial charge in [0.05, 0.1) is 12.6 Å². The molecular formula is C13H22N4O5. The fraction of sp³-hybridized carbons (Fsp3) is 0.692. The molecule has 0 aromatic carbocycles. The van der Waals surface area contributed by atoms with Crippen molar-refractivity contribution in [2.75, 3.05) is 6.54 Å². The summed E-state index contributed by atoms with van der Waals surface area (Å²) >= 11 is 0. The summed E-state index contributed by atoms with van der Waals surface area (Å²) in [6, 6.07) is -0.846. The molecule has 9 nitrogen and oxygen atoms in total. The molecule has 9 heteroatoms. The van der Waals surface area contributed by atoms with E-state index in [1.54, 1.807) is 27.7 Å². The molecular weight excluding hydrogens is 292 g/mol. The molecule has 0 aromatic heterocycles. The van der Waals surface area contributed by atoms with Gasteiger partial charge in [-0.3, -0.25) is 19.8 Å². The smallest absolute Gasteiger partial charge is 0.325 e. The van der Waals surface area contributed by atoms with Crippen LogP contribution in [-0.4, -0.2) is 57.6 Å². The van der Waals surface area contributed by atoms with Crippen LogP contribution in [0.2, 0.25) is 0 Å². The summed E-state index contributed by atoms with van der Waals surface area (Å²) in [5, 5.41) is 16.1. The number of urea groups is 2. The van der Waals surface area contributed by atoms with Gasteiger partial charge in [-0.05, 0) is 34.6 Å². The number of carbonyl (C=O) groups excluding carboxylic acids is 4. The normalized spacial score (nSPS) is 23.3. The van der Waals surface area contributed by atoms with Crippen LogP contribution in [0.25, 0.3) is 0 Å². The van der Waals surface area contributed by atoms with Gasteiger partial charge in [-0.1, -0.05) is 0 Å². The Hall–Kier alpha value is -2.16. The molecule has 22 heavy (non-hydrogen) atoms. The molecule has 0 spiro atoms. The van der Waals surface area contributed by atoms with Crippen molar-refractivity contribution in [2.45, 2.75) is 51.8 Å². The number of hydrogen-bond donors (Lipinski definition) is 4. The van der Waals surface area contributed by atoms with Gasteiger partial charge in [0.1, 0.15) is 11.1 Å². The van der Waals surface area contributed by atoms with Crippen LogP contribution in [0.4, 0.5) is 9.59 Å². The van der Waals surface area contributed by atoms with Crippen LogP contribution in [0, 0.1) is 0 Å². The molecule has 0 aromatic rings. The molecule has 0 bridgehead atoms. The maximum absolute atomic E-state index is 11.5. The predicted octanol–water partition coefficient (Wildman–Crippen LogP) is -0.698. The first kappa shape index (κ1) is 17.9. The Kier molecular flexibility index (Phi) is 4.81. The van der Waals surface area contributed by atoms with Crippen LogP contribution in [0.3, 0.4) is 0 Å². The third kappa shape index (κ3) is 3.94. The molecule has 4 N–H and O–H groups in total. The Bertz CT molecular complexity index is 513. The van der Waals surface area contributed by atoms with Crippen molar-refractivity contribution in [2.24, 2.45) is 0 Å². The fourth-order valence-corrected chi connectivity index (χ4v) is 1.88. The van der Waals surface area contributed by atoms with Crippen LogP contribution in [0.5, 0.6) is 0 Å².